The van der Waals surface area contributed by atoms with E-state index in [0.29, 0.717) is 17.6 Å². The number of aryl methyl sites for hydroxylation is 1. The Morgan fingerprint density at radius 3 is 2.86 bits per heavy atom. The molecule has 6 heteroatoms. The van der Waals surface area contributed by atoms with E-state index in [2.05, 4.69) is 10.3 Å². The van der Waals surface area contributed by atoms with Crippen molar-refractivity contribution in [1.29, 1.82) is 0 Å². The number of aromatic nitrogens is 1. The van der Waals surface area contributed by atoms with E-state index in [9.17, 15) is 13.6 Å². The van der Waals surface area contributed by atoms with Gasteiger partial charge in [-0.3, -0.25) is 4.79 Å². The first kappa shape index (κ1) is 14.7. The molecule has 22 heavy (non-hydrogen) atoms. The van der Waals surface area contributed by atoms with Crippen molar-refractivity contribution in [2.75, 3.05) is 0 Å². The second-order valence-corrected chi connectivity index (χ2v) is 5.50. The molecule has 0 aliphatic heterocycles. The minimum atomic E-state index is -0.561. The monoisotopic (exact) mass is 306 g/mol. The van der Waals surface area contributed by atoms with Crippen LogP contribution in [0.4, 0.5) is 8.78 Å². The average Bonchev–Trinajstić information content (AvgIpc) is 2.79. The summed E-state index contributed by atoms with van der Waals surface area (Å²) < 4.78 is 32.1. The number of hydrogen-bond acceptors (Lipinski definition) is 3. The van der Waals surface area contributed by atoms with Crippen molar-refractivity contribution in [3.63, 3.8) is 0 Å². The first-order valence-electron chi connectivity index (χ1n) is 7.24. The molecule has 1 heterocycles. The summed E-state index contributed by atoms with van der Waals surface area (Å²) in [7, 11) is 0. The maximum absolute atomic E-state index is 13.5. The van der Waals surface area contributed by atoms with Crippen molar-refractivity contribution in [1.82, 2.24) is 10.3 Å². The fourth-order valence-electron chi connectivity index (χ4n) is 2.40. The van der Waals surface area contributed by atoms with Crippen LogP contribution in [0.1, 0.15) is 52.9 Å². The van der Waals surface area contributed by atoms with Gasteiger partial charge in [0.2, 0.25) is 0 Å². The van der Waals surface area contributed by atoms with Gasteiger partial charge in [-0.1, -0.05) is 6.42 Å². The van der Waals surface area contributed by atoms with Gasteiger partial charge >= 0.3 is 0 Å². The molecular formula is C16H16F2N2O2. The topological polar surface area (TPSA) is 55.1 Å². The Bertz CT molecular complexity index is 708. The van der Waals surface area contributed by atoms with Crippen LogP contribution in [0.25, 0.3) is 0 Å². The molecule has 1 aromatic heterocycles. The summed E-state index contributed by atoms with van der Waals surface area (Å²) in [5.74, 6) is -0.231. The van der Waals surface area contributed by atoms with Gasteiger partial charge in [0.05, 0.1) is 0 Å². The summed E-state index contributed by atoms with van der Waals surface area (Å²) in [6.45, 7) is 1.57. The van der Waals surface area contributed by atoms with Crippen molar-refractivity contribution < 1.29 is 18.0 Å². The van der Waals surface area contributed by atoms with Crippen LogP contribution in [-0.2, 0) is 6.54 Å². The highest BCUT2D eigenvalue weighted by atomic mass is 19.1. The number of benzene rings is 1. The third-order valence-corrected chi connectivity index (χ3v) is 3.93. The van der Waals surface area contributed by atoms with Crippen molar-refractivity contribution in [3.8, 4) is 0 Å². The second-order valence-electron chi connectivity index (χ2n) is 5.50. The van der Waals surface area contributed by atoms with Crippen LogP contribution in [0, 0.1) is 18.6 Å². The molecule has 1 aliphatic carbocycles. The quantitative estimate of drug-likeness (QED) is 0.941. The Balaban J connectivity index is 1.69. The minimum absolute atomic E-state index is 0.0914. The van der Waals surface area contributed by atoms with Crippen LogP contribution in [0.3, 0.4) is 0 Å². The summed E-state index contributed by atoms with van der Waals surface area (Å²) in [5.41, 5.74) is 0.299. The van der Waals surface area contributed by atoms with E-state index in [1.807, 2.05) is 0 Å². The van der Waals surface area contributed by atoms with E-state index in [-0.39, 0.29) is 17.8 Å². The molecule has 1 amide bonds. The number of oxazole rings is 1. The van der Waals surface area contributed by atoms with Crippen LogP contribution in [-0.4, -0.2) is 10.9 Å². The van der Waals surface area contributed by atoms with E-state index in [1.165, 1.54) is 0 Å². The van der Waals surface area contributed by atoms with Crippen molar-refractivity contribution in [2.45, 2.75) is 38.6 Å². The zero-order valence-electron chi connectivity index (χ0n) is 12.2. The van der Waals surface area contributed by atoms with Crippen molar-refractivity contribution in [3.05, 3.63) is 52.7 Å². The highest BCUT2D eigenvalue weighted by Crippen LogP contribution is 2.36. The summed E-state index contributed by atoms with van der Waals surface area (Å²) in [6, 6.07) is 3.13. The Hall–Kier alpha value is -2.24. The molecule has 1 N–H and O–H groups in total. The first-order chi connectivity index (χ1) is 10.5. The zero-order valence-corrected chi connectivity index (χ0v) is 12.2. The number of carbonyl (C=O) groups excluding carboxylic acids is 1. The number of nitrogens with zero attached hydrogens (tertiary/aromatic N) is 1. The standard InChI is InChI=1S/C16H16F2N2O2/c1-9-14(20-16(22-9)10-3-2-4-10)15(21)19-8-11-7-12(17)5-6-13(11)18/h5-7,10H,2-4,8H2,1H3,(H,19,21). The van der Waals surface area contributed by atoms with Crippen LogP contribution in [0.15, 0.2) is 22.6 Å². The predicted molar refractivity (Wildman–Crippen MR) is 75.4 cm³/mol. The second kappa shape index (κ2) is 5.87. The molecule has 4 nitrogen and oxygen atoms in total. The molecule has 116 valence electrons. The van der Waals surface area contributed by atoms with Crippen molar-refractivity contribution >= 4 is 5.91 Å². The van der Waals surface area contributed by atoms with Gasteiger partial charge in [0.25, 0.3) is 5.91 Å². The number of halogens is 2. The van der Waals surface area contributed by atoms with Gasteiger partial charge in [0.1, 0.15) is 17.4 Å². The summed E-state index contributed by atoms with van der Waals surface area (Å²) >= 11 is 0. The third kappa shape index (κ3) is 2.86. The molecule has 0 saturated heterocycles. The SMILES string of the molecule is Cc1oc(C2CCC2)nc1C(=O)NCc1cc(F)ccc1F. The number of hydrogen-bond donors (Lipinski definition) is 1. The molecule has 0 spiro atoms. The molecule has 3 rings (SSSR count). The van der Waals surface area contributed by atoms with E-state index in [1.54, 1.807) is 6.92 Å². The van der Waals surface area contributed by atoms with E-state index < -0.39 is 17.5 Å². The number of rotatable bonds is 4. The Kier molecular flexibility index (Phi) is 3.92. The Morgan fingerprint density at radius 1 is 1.41 bits per heavy atom. The normalized spacial score (nSPS) is 14.7. The van der Waals surface area contributed by atoms with Crippen LogP contribution < -0.4 is 5.32 Å². The number of amides is 1. The summed E-state index contributed by atoms with van der Waals surface area (Å²) in [4.78, 5) is 16.4. The van der Waals surface area contributed by atoms with Gasteiger partial charge in [0.15, 0.2) is 11.6 Å². The van der Waals surface area contributed by atoms with Crippen molar-refractivity contribution in [2.24, 2.45) is 0 Å². The summed E-state index contributed by atoms with van der Waals surface area (Å²) in [6.07, 6.45) is 3.19. The third-order valence-electron chi connectivity index (χ3n) is 3.93. The molecule has 1 fully saturated rings. The fourth-order valence-corrected chi connectivity index (χ4v) is 2.40. The van der Waals surface area contributed by atoms with Gasteiger partial charge in [-0.15, -0.1) is 0 Å². The van der Waals surface area contributed by atoms with Gasteiger partial charge in [-0.05, 0) is 38.0 Å². The fraction of sp³-hybridized carbons (Fsp3) is 0.375. The van der Waals surface area contributed by atoms with E-state index in [4.69, 9.17) is 4.42 Å². The van der Waals surface area contributed by atoms with E-state index >= 15 is 0 Å². The van der Waals surface area contributed by atoms with Gasteiger partial charge < -0.3 is 9.73 Å². The number of carbonyl (C=O) groups is 1. The molecule has 2 aromatic rings. The van der Waals surface area contributed by atoms with Crippen LogP contribution >= 0.6 is 0 Å². The lowest BCUT2D eigenvalue weighted by Gasteiger charge is -2.21. The zero-order chi connectivity index (χ0) is 15.7. The predicted octanol–water partition coefficient (Wildman–Crippen LogP) is 3.46. The molecule has 0 radical (unpaired) electrons. The lowest BCUT2D eigenvalue weighted by molar-refractivity contribution is 0.0944. The maximum Gasteiger partial charge on any atom is 0.273 e. The average molecular weight is 306 g/mol. The molecule has 0 atom stereocenters. The highest BCUT2D eigenvalue weighted by molar-refractivity contribution is 5.93. The summed E-state index contributed by atoms with van der Waals surface area (Å²) in [5, 5.41) is 2.54. The Labute approximate surface area is 126 Å². The maximum atomic E-state index is 13.5. The van der Waals surface area contributed by atoms with Gasteiger partial charge in [0, 0.05) is 18.0 Å². The van der Waals surface area contributed by atoms with Crippen LogP contribution in [0.5, 0.6) is 0 Å². The van der Waals surface area contributed by atoms with Gasteiger partial charge in [-0.2, -0.15) is 0 Å². The first-order valence-corrected chi connectivity index (χ1v) is 7.24. The van der Waals surface area contributed by atoms with Crippen LogP contribution in [0.2, 0.25) is 0 Å². The lowest BCUT2D eigenvalue weighted by Crippen LogP contribution is -2.24. The molecule has 1 saturated carbocycles. The molecule has 1 aromatic carbocycles. The van der Waals surface area contributed by atoms with E-state index in [0.717, 1.165) is 37.5 Å². The molecule has 0 unspecified atom stereocenters. The Morgan fingerprint density at radius 2 is 2.18 bits per heavy atom. The highest BCUT2D eigenvalue weighted by Gasteiger charge is 2.27. The lowest BCUT2D eigenvalue weighted by atomic mass is 9.85. The molecule has 1 aliphatic rings. The largest absolute Gasteiger partial charge is 0.445 e. The number of nitrogens with one attached hydrogen (secondary N) is 1. The van der Waals surface area contributed by atoms with Gasteiger partial charge in [-0.25, -0.2) is 13.8 Å². The molecular weight excluding hydrogens is 290 g/mol. The smallest absolute Gasteiger partial charge is 0.273 e. The molecule has 0 bridgehead atoms. The minimum Gasteiger partial charge on any atom is -0.445 e.